The fraction of sp³-hybridized carbons (Fsp3) is 0.810. The number of allylic oxidation sites excluding steroid dienone is 1. The summed E-state index contributed by atoms with van der Waals surface area (Å²) in [6.45, 7) is 4.23. The van der Waals surface area contributed by atoms with Crippen molar-refractivity contribution in [3.05, 3.63) is 11.3 Å². The Morgan fingerprint density at radius 2 is 1.48 bits per heavy atom. The first kappa shape index (κ1) is 21.7. The van der Waals surface area contributed by atoms with Gasteiger partial charge in [0.2, 0.25) is 0 Å². The number of rotatable bonds is 13. The van der Waals surface area contributed by atoms with Crippen LogP contribution in [-0.4, -0.2) is 23.0 Å². The zero-order chi connectivity index (χ0) is 18.5. The number of aliphatic hydroxyl groups is 1. The Morgan fingerprint density at radius 3 is 2.04 bits per heavy atom. The monoisotopic (exact) mass is 352 g/mol. The molecule has 0 spiro atoms. The van der Waals surface area contributed by atoms with Crippen molar-refractivity contribution in [3.63, 3.8) is 0 Å². The van der Waals surface area contributed by atoms with Crippen molar-refractivity contribution in [1.82, 2.24) is 0 Å². The van der Waals surface area contributed by atoms with E-state index in [-0.39, 0.29) is 29.6 Å². The fourth-order valence-electron chi connectivity index (χ4n) is 3.27. The number of hydrogen-bond acceptors (Lipinski definition) is 4. The zero-order valence-electron chi connectivity index (χ0n) is 16.1. The molecule has 0 saturated carbocycles. The van der Waals surface area contributed by atoms with Crippen LogP contribution >= 0.6 is 0 Å². The second-order valence-electron chi connectivity index (χ2n) is 7.20. The van der Waals surface area contributed by atoms with E-state index in [0.717, 1.165) is 32.1 Å². The van der Waals surface area contributed by atoms with Gasteiger partial charge in [-0.2, -0.15) is 0 Å². The van der Waals surface area contributed by atoms with Crippen molar-refractivity contribution < 1.29 is 19.4 Å². The van der Waals surface area contributed by atoms with Gasteiger partial charge in [-0.25, -0.2) is 4.79 Å². The van der Waals surface area contributed by atoms with Crippen molar-refractivity contribution in [2.45, 2.75) is 110 Å². The smallest absolute Gasteiger partial charge is 0.345 e. The van der Waals surface area contributed by atoms with Crippen molar-refractivity contribution in [2.24, 2.45) is 0 Å². The lowest BCUT2D eigenvalue weighted by atomic mass is 9.96. The first-order valence-electron chi connectivity index (χ1n) is 10.3. The van der Waals surface area contributed by atoms with Crippen LogP contribution in [0.5, 0.6) is 0 Å². The van der Waals surface area contributed by atoms with Crippen LogP contribution in [0.25, 0.3) is 0 Å². The van der Waals surface area contributed by atoms with Gasteiger partial charge in [-0.05, 0) is 19.3 Å². The molecule has 4 heteroatoms. The summed E-state index contributed by atoms with van der Waals surface area (Å²) >= 11 is 0. The molecule has 0 amide bonds. The number of carbonyl (C=O) groups is 2. The van der Waals surface area contributed by atoms with Gasteiger partial charge in [-0.3, -0.25) is 4.79 Å². The molecule has 4 nitrogen and oxygen atoms in total. The minimum Gasteiger partial charge on any atom is -0.511 e. The van der Waals surface area contributed by atoms with E-state index in [9.17, 15) is 14.7 Å². The highest BCUT2D eigenvalue weighted by Gasteiger charge is 2.34. The van der Waals surface area contributed by atoms with Crippen LogP contribution in [0, 0.1) is 0 Å². The van der Waals surface area contributed by atoms with Gasteiger partial charge in [0, 0.05) is 12.8 Å². The number of aliphatic hydroxyl groups excluding tert-OH is 1. The lowest BCUT2D eigenvalue weighted by molar-refractivity contribution is -0.151. The van der Waals surface area contributed by atoms with Gasteiger partial charge >= 0.3 is 5.97 Å². The second-order valence-corrected chi connectivity index (χ2v) is 7.20. The van der Waals surface area contributed by atoms with Crippen LogP contribution in [0.1, 0.15) is 104 Å². The Hall–Kier alpha value is -1.32. The van der Waals surface area contributed by atoms with Crippen LogP contribution in [0.3, 0.4) is 0 Å². The molecule has 0 aromatic heterocycles. The molecule has 1 rings (SSSR count). The predicted molar refractivity (Wildman–Crippen MR) is 101 cm³/mol. The maximum Gasteiger partial charge on any atom is 0.345 e. The molecule has 25 heavy (non-hydrogen) atoms. The van der Waals surface area contributed by atoms with E-state index in [2.05, 4.69) is 6.92 Å². The molecule has 0 aromatic carbocycles. The first-order chi connectivity index (χ1) is 12.1. The Labute approximate surface area is 153 Å². The number of hydrogen-bond donors (Lipinski definition) is 1. The highest BCUT2D eigenvalue weighted by molar-refractivity contribution is 6.19. The zero-order valence-corrected chi connectivity index (χ0v) is 16.1. The van der Waals surface area contributed by atoms with Gasteiger partial charge in [-0.15, -0.1) is 0 Å². The summed E-state index contributed by atoms with van der Waals surface area (Å²) in [6, 6.07) is 0. The van der Waals surface area contributed by atoms with Crippen LogP contribution in [0.2, 0.25) is 0 Å². The third-order valence-corrected chi connectivity index (χ3v) is 4.86. The van der Waals surface area contributed by atoms with Gasteiger partial charge in [-0.1, -0.05) is 71.6 Å². The van der Waals surface area contributed by atoms with Crippen LogP contribution in [-0.2, 0) is 14.3 Å². The van der Waals surface area contributed by atoms with Crippen LogP contribution in [0.4, 0.5) is 0 Å². The third-order valence-electron chi connectivity index (χ3n) is 4.86. The molecule has 0 aromatic rings. The Kier molecular flexibility index (Phi) is 11.3. The van der Waals surface area contributed by atoms with E-state index in [1.54, 1.807) is 0 Å². The van der Waals surface area contributed by atoms with Crippen molar-refractivity contribution in [3.8, 4) is 0 Å². The van der Waals surface area contributed by atoms with Gasteiger partial charge < -0.3 is 9.84 Å². The van der Waals surface area contributed by atoms with Gasteiger partial charge in [0.15, 0.2) is 5.78 Å². The van der Waals surface area contributed by atoms with Crippen LogP contribution < -0.4 is 0 Å². The molecule has 1 saturated heterocycles. The molecule has 1 atom stereocenters. The molecule has 1 N–H and O–H groups in total. The lowest BCUT2D eigenvalue weighted by Crippen LogP contribution is -2.33. The summed E-state index contributed by atoms with van der Waals surface area (Å²) in [6.07, 6.45) is 13.9. The maximum atomic E-state index is 12.2. The van der Waals surface area contributed by atoms with E-state index < -0.39 is 5.97 Å². The standard InChI is InChI=1S/C21H36O4/c1-3-5-7-8-9-10-11-12-13-14-17-16-19(23)20(21(24)25-17)18(22)15-6-4-2/h17,22H,3-16H2,1-2H3. The van der Waals surface area contributed by atoms with Crippen molar-refractivity contribution >= 4 is 11.8 Å². The van der Waals surface area contributed by atoms with Crippen molar-refractivity contribution in [2.75, 3.05) is 0 Å². The molecule has 0 aliphatic carbocycles. The predicted octanol–water partition coefficient (Wildman–Crippen LogP) is 5.79. The number of esters is 1. The van der Waals surface area contributed by atoms with Gasteiger partial charge in [0.1, 0.15) is 17.4 Å². The molecule has 1 unspecified atom stereocenters. The van der Waals surface area contributed by atoms with Gasteiger partial charge in [0.25, 0.3) is 0 Å². The summed E-state index contributed by atoms with van der Waals surface area (Å²) in [5.74, 6) is -0.991. The largest absolute Gasteiger partial charge is 0.511 e. The number of carbonyl (C=O) groups excluding carboxylic acids is 2. The molecule has 0 radical (unpaired) electrons. The average Bonchev–Trinajstić information content (AvgIpc) is 2.58. The summed E-state index contributed by atoms with van der Waals surface area (Å²) in [5.41, 5.74) is -0.114. The highest BCUT2D eigenvalue weighted by Crippen LogP contribution is 2.24. The molecule has 1 aliphatic rings. The Balaban J connectivity index is 2.22. The van der Waals surface area contributed by atoms with E-state index in [1.165, 1.54) is 44.9 Å². The molecule has 1 heterocycles. The van der Waals surface area contributed by atoms with E-state index in [4.69, 9.17) is 4.74 Å². The number of cyclic esters (lactones) is 1. The lowest BCUT2D eigenvalue weighted by Gasteiger charge is -2.23. The Morgan fingerprint density at radius 1 is 0.920 bits per heavy atom. The first-order valence-corrected chi connectivity index (χ1v) is 10.3. The molecular weight excluding hydrogens is 316 g/mol. The highest BCUT2D eigenvalue weighted by atomic mass is 16.5. The average molecular weight is 353 g/mol. The topological polar surface area (TPSA) is 63.6 Å². The van der Waals surface area contributed by atoms with E-state index in [0.29, 0.717) is 6.42 Å². The number of Topliss-reactive ketones (excluding diaryl/α,β-unsaturated/α-hetero) is 1. The quantitative estimate of drug-likeness (QED) is 0.150. The minimum absolute atomic E-state index is 0.0987. The number of ether oxygens (including phenoxy) is 1. The summed E-state index contributed by atoms with van der Waals surface area (Å²) in [7, 11) is 0. The third kappa shape index (κ3) is 8.55. The summed E-state index contributed by atoms with van der Waals surface area (Å²) < 4.78 is 5.36. The number of ketones is 1. The SMILES string of the molecule is CCCCCCCCCCCC1CC(=O)C(=C(O)CCCC)C(=O)O1. The number of unbranched alkanes of at least 4 members (excludes halogenated alkanes) is 9. The fourth-order valence-corrected chi connectivity index (χ4v) is 3.27. The summed E-state index contributed by atoms with van der Waals surface area (Å²) in [4.78, 5) is 24.2. The Bertz CT molecular complexity index is 419. The summed E-state index contributed by atoms with van der Waals surface area (Å²) in [5, 5.41) is 9.94. The van der Waals surface area contributed by atoms with E-state index >= 15 is 0 Å². The second kappa shape index (κ2) is 13.0. The molecule has 144 valence electrons. The van der Waals surface area contributed by atoms with E-state index in [1.807, 2.05) is 6.92 Å². The van der Waals surface area contributed by atoms with Crippen LogP contribution in [0.15, 0.2) is 11.3 Å². The molecular formula is C21H36O4. The van der Waals surface area contributed by atoms with Crippen molar-refractivity contribution in [1.29, 1.82) is 0 Å². The molecule has 0 bridgehead atoms. The molecule has 1 aliphatic heterocycles. The minimum atomic E-state index is -0.634. The molecule has 1 fully saturated rings. The maximum absolute atomic E-state index is 12.2. The van der Waals surface area contributed by atoms with Gasteiger partial charge in [0.05, 0.1) is 0 Å². The normalized spacial score (nSPS) is 19.8.